The van der Waals surface area contributed by atoms with Crippen LogP contribution in [0, 0.1) is 0 Å². The van der Waals surface area contributed by atoms with Gasteiger partial charge in [-0.1, -0.05) is 159 Å². The summed E-state index contributed by atoms with van der Waals surface area (Å²) in [5, 5.41) is 5.96. The van der Waals surface area contributed by atoms with Gasteiger partial charge in [0.05, 0.1) is 5.41 Å². The first kappa shape index (κ1) is 34.6. The van der Waals surface area contributed by atoms with Crippen LogP contribution in [0.5, 0.6) is 0 Å². The number of hydrogen-bond donors (Lipinski definition) is 0. The molecule has 2 atom stereocenters. The van der Waals surface area contributed by atoms with Crippen LogP contribution in [0.15, 0.2) is 158 Å². The lowest BCUT2D eigenvalue weighted by molar-refractivity contribution is -0.373. The van der Waals surface area contributed by atoms with E-state index >= 15 is 0 Å². The van der Waals surface area contributed by atoms with E-state index in [2.05, 4.69) is 72.8 Å². The predicted molar refractivity (Wildman–Crippen MR) is 212 cm³/mol. The van der Waals surface area contributed by atoms with Gasteiger partial charge in [0, 0.05) is 12.0 Å². The summed E-state index contributed by atoms with van der Waals surface area (Å²) >= 11 is 0. The van der Waals surface area contributed by atoms with Gasteiger partial charge in [-0.05, 0) is 100 Å². The lowest BCUT2D eigenvalue weighted by atomic mass is 9.63. The van der Waals surface area contributed by atoms with Gasteiger partial charge < -0.3 is 0 Å². The molecule has 2 aliphatic rings. The normalized spacial score (nSPS) is 18.7. The molecule has 0 aliphatic heterocycles. The van der Waals surface area contributed by atoms with Crippen LogP contribution in [0.1, 0.15) is 46.7 Å². The molecule has 10 rings (SSSR count). The Labute approximate surface area is 319 Å². The Morgan fingerprint density at radius 3 is 1.59 bits per heavy atom. The van der Waals surface area contributed by atoms with Crippen molar-refractivity contribution < 1.29 is 26.3 Å². The standard InChI is InChI=1S/C49H33F6N/c1-46(27-28-56(48(50,51)52)49(53,54)55)40-25-20-31-12-7-9-17-36(31)42(40)38-23-24-39-43-37-18-10-8-13-32(37)21-26-41(43)47(45(39)44(38)46,34-15-3-2-4-16-34)35-22-19-30-11-5-6-14-33(30)29-35/h2-26,29H,27-28H2,1H3. The summed E-state index contributed by atoms with van der Waals surface area (Å²) in [4.78, 5) is -1.27. The smallest absolute Gasteiger partial charge is 0.155 e. The number of nitrogens with zero attached hydrogens (tertiary/aromatic N) is 1. The van der Waals surface area contributed by atoms with Crippen molar-refractivity contribution in [1.29, 1.82) is 0 Å². The summed E-state index contributed by atoms with van der Waals surface area (Å²) in [6.45, 7) is 0.567. The van der Waals surface area contributed by atoms with Gasteiger partial charge in [-0.25, -0.2) is 0 Å². The predicted octanol–water partition coefficient (Wildman–Crippen LogP) is 13.5. The van der Waals surface area contributed by atoms with E-state index in [1.165, 1.54) is 0 Å². The number of alkyl halides is 6. The van der Waals surface area contributed by atoms with E-state index < -0.39 is 41.3 Å². The first-order valence-corrected chi connectivity index (χ1v) is 18.6. The SMILES string of the molecule is CC1(CCN(C(F)(F)F)C(F)(F)F)c2ccc3ccccc3c2-c2ccc3c(c21)C(c1ccccc1)(c1ccc2ccccc2c1)c1ccc2ccccc2c1-3. The maximum Gasteiger partial charge on any atom is 0.467 e. The zero-order chi connectivity index (χ0) is 38.6. The average molecular weight is 750 g/mol. The molecule has 276 valence electrons. The minimum atomic E-state index is -5.62. The fraction of sp³-hybridized carbons (Fsp3) is 0.143. The van der Waals surface area contributed by atoms with Gasteiger partial charge in [0.15, 0.2) is 0 Å². The number of rotatable bonds is 5. The molecule has 0 fully saturated rings. The maximum atomic E-state index is 14.3. The highest BCUT2D eigenvalue weighted by Crippen LogP contribution is 2.65. The van der Waals surface area contributed by atoms with E-state index in [0.717, 1.165) is 82.4 Å². The molecule has 8 aromatic carbocycles. The molecular weight excluding hydrogens is 717 g/mol. The monoisotopic (exact) mass is 749 g/mol. The molecule has 0 heterocycles. The van der Waals surface area contributed by atoms with Crippen molar-refractivity contribution in [2.24, 2.45) is 0 Å². The molecule has 0 saturated carbocycles. The minimum Gasteiger partial charge on any atom is -0.155 e. The molecule has 0 N–H and O–H groups in total. The Morgan fingerprint density at radius 2 is 0.964 bits per heavy atom. The van der Waals surface area contributed by atoms with Gasteiger partial charge in [0.2, 0.25) is 0 Å². The van der Waals surface area contributed by atoms with Crippen LogP contribution in [0.3, 0.4) is 0 Å². The highest BCUT2D eigenvalue weighted by Gasteiger charge is 2.57. The summed E-state index contributed by atoms with van der Waals surface area (Å²) < 4.78 is 85.6. The molecule has 7 heteroatoms. The third-order valence-corrected chi connectivity index (χ3v) is 12.4. The van der Waals surface area contributed by atoms with Crippen molar-refractivity contribution in [3.8, 4) is 22.3 Å². The summed E-state index contributed by atoms with van der Waals surface area (Å²) in [6.07, 6.45) is -11.7. The third kappa shape index (κ3) is 4.80. The van der Waals surface area contributed by atoms with Crippen molar-refractivity contribution in [3.63, 3.8) is 0 Å². The molecule has 0 bridgehead atoms. The Hall–Kier alpha value is -5.92. The van der Waals surface area contributed by atoms with Gasteiger partial charge >= 0.3 is 12.6 Å². The number of benzene rings is 8. The molecule has 0 aromatic heterocycles. The highest BCUT2D eigenvalue weighted by molar-refractivity contribution is 6.09. The van der Waals surface area contributed by atoms with E-state index in [1.54, 1.807) is 0 Å². The van der Waals surface area contributed by atoms with E-state index in [-0.39, 0.29) is 0 Å². The molecule has 0 saturated heterocycles. The van der Waals surface area contributed by atoms with Crippen molar-refractivity contribution in [2.75, 3.05) is 6.54 Å². The van der Waals surface area contributed by atoms with Crippen molar-refractivity contribution >= 4 is 32.3 Å². The second-order valence-corrected chi connectivity index (χ2v) is 15.2. The van der Waals surface area contributed by atoms with E-state index in [9.17, 15) is 26.3 Å². The summed E-state index contributed by atoms with van der Waals surface area (Å²) in [5.41, 5.74) is 6.59. The number of hydrogen-bond acceptors (Lipinski definition) is 1. The average Bonchev–Trinajstić information content (AvgIpc) is 3.64. The fourth-order valence-electron chi connectivity index (χ4n) is 10.0. The zero-order valence-corrected chi connectivity index (χ0v) is 30.1. The highest BCUT2D eigenvalue weighted by atomic mass is 19.4. The fourth-order valence-corrected chi connectivity index (χ4v) is 10.0. The molecule has 2 aliphatic carbocycles. The second-order valence-electron chi connectivity index (χ2n) is 15.2. The van der Waals surface area contributed by atoms with Gasteiger partial charge in [-0.3, -0.25) is 0 Å². The first-order valence-electron chi connectivity index (χ1n) is 18.6. The van der Waals surface area contributed by atoms with Crippen LogP contribution in [0.25, 0.3) is 54.6 Å². The molecular formula is C49H33F6N. The number of halogens is 6. The molecule has 0 radical (unpaired) electrons. The van der Waals surface area contributed by atoms with Crippen LogP contribution in [-0.4, -0.2) is 24.0 Å². The van der Waals surface area contributed by atoms with Crippen LogP contribution in [0.4, 0.5) is 26.3 Å². The van der Waals surface area contributed by atoms with Crippen molar-refractivity contribution in [1.82, 2.24) is 4.90 Å². The van der Waals surface area contributed by atoms with Gasteiger partial charge in [0.25, 0.3) is 0 Å². The quantitative estimate of drug-likeness (QED) is 0.125. The minimum absolute atomic E-state index is 0.444. The van der Waals surface area contributed by atoms with Crippen LogP contribution < -0.4 is 0 Å². The zero-order valence-electron chi connectivity index (χ0n) is 30.1. The molecule has 0 spiro atoms. The lowest BCUT2D eigenvalue weighted by Crippen LogP contribution is -2.49. The Morgan fingerprint density at radius 1 is 0.464 bits per heavy atom. The van der Waals surface area contributed by atoms with E-state index in [1.807, 2.05) is 91.9 Å². The Kier molecular flexibility index (Phi) is 7.43. The number of fused-ring (bicyclic) bond motifs is 12. The second kappa shape index (κ2) is 12.0. The maximum absolute atomic E-state index is 14.3. The van der Waals surface area contributed by atoms with E-state index in [0.29, 0.717) is 5.56 Å². The Balaban J connectivity index is 1.38. The first-order chi connectivity index (χ1) is 26.9. The third-order valence-electron chi connectivity index (χ3n) is 12.4. The van der Waals surface area contributed by atoms with Gasteiger partial charge in [0.1, 0.15) is 0 Å². The molecule has 8 aromatic rings. The van der Waals surface area contributed by atoms with Crippen LogP contribution in [-0.2, 0) is 10.8 Å². The van der Waals surface area contributed by atoms with E-state index in [4.69, 9.17) is 0 Å². The van der Waals surface area contributed by atoms with Crippen molar-refractivity contribution in [2.45, 2.75) is 36.8 Å². The Bertz CT molecular complexity index is 2860. The molecule has 2 unspecified atom stereocenters. The summed E-state index contributed by atoms with van der Waals surface area (Å²) in [6, 6.07) is 52.9. The van der Waals surface area contributed by atoms with Gasteiger partial charge in [-0.2, -0.15) is 26.3 Å². The van der Waals surface area contributed by atoms with Crippen molar-refractivity contribution in [3.05, 3.63) is 191 Å². The topological polar surface area (TPSA) is 3.24 Å². The van der Waals surface area contributed by atoms with Crippen LogP contribution in [0.2, 0.25) is 0 Å². The largest absolute Gasteiger partial charge is 0.467 e. The molecule has 0 amide bonds. The summed E-state index contributed by atoms with van der Waals surface area (Å²) in [5.74, 6) is 0. The lowest BCUT2D eigenvalue weighted by Gasteiger charge is -2.39. The van der Waals surface area contributed by atoms with Crippen LogP contribution >= 0.6 is 0 Å². The molecule has 1 nitrogen and oxygen atoms in total. The van der Waals surface area contributed by atoms with Gasteiger partial charge in [-0.15, -0.1) is 4.90 Å². The summed E-state index contributed by atoms with van der Waals surface area (Å²) in [7, 11) is 0. The molecule has 56 heavy (non-hydrogen) atoms.